The van der Waals surface area contributed by atoms with Crippen LogP contribution in [-0.2, 0) is 17.4 Å². The minimum absolute atomic E-state index is 0.0226. The van der Waals surface area contributed by atoms with Gasteiger partial charge in [0.15, 0.2) is 0 Å². The number of fused-ring (bicyclic) bond motifs is 1. The molecule has 0 aliphatic carbocycles. The van der Waals surface area contributed by atoms with E-state index in [1.54, 1.807) is 13.0 Å². The van der Waals surface area contributed by atoms with Crippen molar-refractivity contribution in [3.8, 4) is 0 Å². The van der Waals surface area contributed by atoms with E-state index in [1.807, 2.05) is 0 Å². The molecule has 1 amide bonds. The van der Waals surface area contributed by atoms with Crippen LogP contribution in [-0.4, -0.2) is 10.9 Å². The zero-order chi connectivity index (χ0) is 14.2. The topological polar surface area (TPSA) is 56.0 Å². The van der Waals surface area contributed by atoms with Gasteiger partial charge in [0.25, 0.3) is 0 Å². The van der Waals surface area contributed by atoms with Gasteiger partial charge in [-0.1, -0.05) is 6.07 Å². The van der Waals surface area contributed by atoms with Crippen molar-refractivity contribution in [3.63, 3.8) is 0 Å². The molecule has 0 bridgehead atoms. The lowest BCUT2D eigenvalue weighted by molar-refractivity contribution is -0.137. The van der Waals surface area contributed by atoms with Crippen molar-refractivity contribution in [3.05, 3.63) is 41.1 Å². The normalized spacial score (nSPS) is 11.8. The largest absolute Gasteiger partial charge is 0.416 e. The minimum atomic E-state index is -4.41. The Kier molecular flexibility index (Phi) is 3.18. The molecule has 1 aromatic heterocycles. The maximum atomic E-state index is 12.6. The Hall–Kier alpha value is -2.11. The first-order valence-corrected chi connectivity index (χ1v) is 5.53. The van der Waals surface area contributed by atoms with Gasteiger partial charge in [-0.3, -0.25) is 9.78 Å². The number of primary amides is 1. The molecule has 3 nitrogen and oxygen atoms in total. The number of amides is 1. The Morgan fingerprint density at radius 1 is 1.32 bits per heavy atom. The van der Waals surface area contributed by atoms with E-state index < -0.39 is 17.6 Å². The van der Waals surface area contributed by atoms with Crippen LogP contribution in [0.25, 0.3) is 10.9 Å². The Morgan fingerprint density at radius 3 is 2.58 bits per heavy atom. The lowest BCUT2D eigenvalue weighted by Gasteiger charge is -2.10. The highest BCUT2D eigenvalue weighted by Gasteiger charge is 2.30. The third kappa shape index (κ3) is 2.83. The first-order chi connectivity index (χ1) is 8.77. The quantitative estimate of drug-likeness (QED) is 0.910. The van der Waals surface area contributed by atoms with Crippen molar-refractivity contribution in [1.29, 1.82) is 0 Å². The van der Waals surface area contributed by atoms with Crippen LogP contribution in [0.1, 0.15) is 16.8 Å². The van der Waals surface area contributed by atoms with Gasteiger partial charge in [-0.15, -0.1) is 0 Å². The van der Waals surface area contributed by atoms with Gasteiger partial charge in [-0.05, 0) is 30.7 Å². The molecule has 2 rings (SSSR count). The van der Waals surface area contributed by atoms with Gasteiger partial charge < -0.3 is 5.73 Å². The molecule has 1 aromatic carbocycles. The van der Waals surface area contributed by atoms with Crippen molar-refractivity contribution in [2.75, 3.05) is 0 Å². The molecule has 0 aliphatic rings. The van der Waals surface area contributed by atoms with E-state index in [1.165, 1.54) is 6.07 Å². The average molecular weight is 268 g/mol. The van der Waals surface area contributed by atoms with Gasteiger partial charge in [-0.25, -0.2) is 0 Å². The van der Waals surface area contributed by atoms with Gasteiger partial charge in [0.1, 0.15) is 0 Å². The number of benzene rings is 1. The van der Waals surface area contributed by atoms with Crippen LogP contribution in [0.3, 0.4) is 0 Å². The zero-order valence-electron chi connectivity index (χ0n) is 10.1. The predicted molar refractivity (Wildman–Crippen MR) is 64.4 cm³/mol. The van der Waals surface area contributed by atoms with E-state index in [9.17, 15) is 18.0 Å². The van der Waals surface area contributed by atoms with Crippen molar-refractivity contribution in [2.24, 2.45) is 5.73 Å². The van der Waals surface area contributed by atoms with Crippen LogP contribution < -0.4 is 5.73 Å². The summed E-state index contributed by atoms with van der Waals surface area (Å²) in [4.78, 5) is 15.0. The van der Waals surface area contributed by atoms with Crippen LogP contribution in [0.4, 0.5) is 13.2 Å². The lowest BCUT2D eigenvalue weighted by Crippen LogP contribution is -2.14. The fraction of sp³-hybridized carbons (Fsp3) is 0.231. The number of carbonyl (C=O) groups excluding carboxylic acids is 1. The van der Waals surface area contributed by atoms with Gasteiger partial charge in [0, 0.05) is 11.1 Å². The molecule has 0 spiro atoms. The number of hydrogen-bond donors (Lipinski definition) is 1. The molecule has 0 radical (unpaired) electrons. The Morgan fingerprint density at radius 2 is 2.00 bits per heavy atom. The minimum Gasteiger partial charge on any atom is -0.369 e. The number of carbonyl (C=O) groups is 1. The molecule has 2 aromatic rings. The smallest absolute Gasteiger partial charge is 0.369 e. The molecular formula is C13H11F3N2O. The number of hydrogen-bond acceptors (Lipinski definition) is 2. The van der Waals surface area contributed by atoms with Crippen molar-refractivity contribution >= 4 is 16.8 Å². The first kappa shape index (κ1) is 13.3. The van der Waals surface area contributed by atoms with E-state index in [4.69, 9.17) is 5.73 Å². The van der Waals surface area contributed by atoms with Gasteiger partial charge >= 0.3 is 6.18 Å². The standard InChI is InChI=1S/C13H11F3N2O/c1-7-4-8(5-12(17)19)10-3-2-9(13(14,15)16)6-11(10)18-7/h2-4,6H,5H2,1H3,(H2,17,19). The second-order valence-electron chi connectivity index (χ2n) is 4.30. The first-order valence-electron chi connectivity index (χ1n) is 5.53. The molecule has 19 heavy (non-hydrogen) atoms. The maximum absolute atomic E-state index is 12.6. The predicted octanol–water partition coefficient (Wildman–Crippen LogP) is 2.59. The molecule has 0 fully saturated rings. The summed E-state index contributed by atoms with van der Waals surface area (Å²) in [7, 11) is 0. The van der Waals surface area contributed by atoms with Crippen LogP contribution >= 0.6 is 0 Å². The second kappa shape index (κ2) is 4.53. The number of halogens is 3. The Labute approximate surface area is 107 Å². The number of aryl methyl sites for hydroxylation is 1. The summed E-state index contributed by atoms with van der Waals surface area (Å²) in [5, 5.41) is 0.511. The second-order valence-corrected chi connectivity index (χ2v) is 4.30. The molecule has 0 atom stereocenters. The van der Waals surface area contributed by atoms with Crippen LogP contribution in [0.5, 0.6) is 0 Å². The van der Waals surface area contributed by atoms with Crippen LogP contribution in [0.15, 0.2) is 24.3 Å². The zero-order valence-corrected chi connectivity index (χ0v) is 10.1. The summed E-state index contributed by atoms with van der Waals surface area (Å²) >= 11 is 0. The van der Waals surface area contributed by atoms with E-state index in [-0.39, 0.29) is 11.9 Å². The number of nitrogens with two attached hydrogens (primary N) is 1. The maximum Gasteiger partial charge on any atom is 0.416 e. The number of alkyl halides is 3. The monoisotopic (exact) mass is 268 g/mol. The number of nitrogens with zero attached hydrogens (tertiary/aromatic N) is 1. The van der Waals surface area contributed by atoms with E-state index >= 15 is 0 Å². The highest BCUT2D eigenvalue weighted by molar-refractivity contribution is 5.88. The van der Waals surface area contributed by atoms with Crippen LogP contribution in [0.2, 0.25) is 0 Å². The fourth-order valence-corrected chi connectivity index (χ4v) is 1.96. The van der Waals surface area contributed by atoms with Crippen LogP contribution in [0, 0.1) is 6.92 Å². The third-order valence-corrected chi connectivity index (χ3v) is 2.72. The van der Waals surface area contributed by atoms with Crippen molar-refractivity contribution in [1.82, 2.24) is 4.98 Å². The average Bonchev–Trinajstić information content (AvgIpc) is 2.25. The highest BCUT2D eigenvalue weighted by atomic mass is 19.4. The molecule has 2 N–H and O–H groups in total. The van der Waals surface area contributed by atoms with Crippen molar-refractivity contribution < 1.29 is 18.0 Å². The molecule has 0 saturated carbocycles. The van der Waals surface area contributed by atoms with Gasteiger partial charge in [0.05, 0.1) is 17.5 Å². The lowest BCUT2D eigenvalue weighted by atomic mass is 10.0. The summed E-state index contributed by atoms with van der Waals surface area (Å²) in [5.41, 5.74) is 5.71. The SMILES string of the molecule is Cc1cc(CC(N)=O)c2ccc(C(F)(F)F)cc2n1. The molecular weight excluding hydrogens is 257 g/mol. The summed E-state index contributed by atoms with van der Waals surface area (Å²) < 4.78 is 37.9. The summed E-state index contributed by atoms with van der Waals surface area (Å²) in [6.45, 7) is 1.66. The van der Waals surface area contributed by atoms with E-state index in [0.717, 1.165) is 12.1 Å². The van der Waals surface area contributed by atoms with Gasteiger partial charge in [0.2, 0.25) is 5.91 Å². The number of aromatic nitrogens is 1. The molecule has 0 aliphatic heterocycles. The molecule has 100 valence electrons. The third-order valence-electron chi connectivity index (χ3n) is 2.72. The van der Waals surface area contributed by atoms with Gasteiger partial charge in [-0.2, -0.15) is 13.2 Å². The Balaban J connectivity index is 2.64. The number of rotatable bonds is 2. The molecule has 0 saturated heterocycles. The van der Waals surface area contributed by atoms with Crippen molar-refractivity contribution in [2.45, 2.75) is 19.5 Å². The summed E-state index contributed by atoms with van der Waals surface area (Å²) in [6.07, 6.45) is -4.44. The highest BCUT2D eigenvalue weighted by Crippen LogP contribution is 2.31. The van der Waals surface area contributed by atoms with E-state index in [0.29, 0.717) is 16.6 Å². The summed E-state index contributed by atoms with van der Waals surface area (Å²) in [6, 6.07) is 4.93. The molecule has 1 heterocycles. The fourth-order valence-electron chi connectivity index (χ4n) is 1.96. The van der Waals surface area contributed by atoms with E-state index in [2.05, 4.69) is 4.98 Å². The molecule has 0 unspecified atom stereocenters. The molecule has 6 heteroatoms. The Bertz CT molecular complexity index is 650. The number of pyridine rings is 1. The summed E-state index contributed by atoms with van der Waals surface area (Å²) in [5.74, 6) is -0.535.